The molecular weight excluding hydrogens is 202 g/mol. The molecule has 1 heterocycles. The zero-order chi connectivity index (χ0) is 9.42. The van der Waals surface area contributed by atoms with Crippen molar-refractivity contribution in [3.05, 3.63) is 34.2 Å². The van der Waals surface area contributed by atoms with Crippen molar-refractivity contribution in [3.63, 3.8) is 0 Å². The largest absolute Gasteiger partial charge is 0.326 e. The number of fused-ring (bicyclic) bond motifs is 1. The average molecular weight is 214 g/mol. The van der Waals surface area contributed by atoms with Gasteiger partial charge in [-0.2, -0.15) is 0 Å². The van der Waals surface area contributed by atoms with Crippen LogP contribution in [0.1, 0.15) is 5.56 Å². The first-order valence-corrected chi connectivity index (χ1v) is 4.10. The van der Waals surface area contributed by atoms with Crippen molar-refractivity contribution >= 4 is 23.4 Å². The Morgan fingerprint density at radius 2 is 2.21 bits per heavy atom. The number of aromatic nitrogens is 2. The molecule has 1 aromatic carbocycles. The molecule has 0 bridgehead atoms. The first-order valence-electron chi connectivity index (χ1n) is 4.10. The van der Waals surface area contributed by atoms with Gasteiger partial charge in [-0.05, 0) is 17.7 Å². The number of benzene rings is 1. The van der Waals surface area contributed by atoms with Crippen LogP contribution >= 0.6 is 12.4 Å². The molecule has 0 aliphatic rings. The number of nitrogens with zero attached hydrogens (tertiary/aromatic N) is 1. The van der Waals surface area contributed by atoms with Gasteiger partial charge in [0.05, 0.1) is 11.0 Å². The molecule has 5 heteroatoms. The quantitative estimate of drug-likeness (QED) is 0.734. The highest BCUT2D eigenvalue weighted by molar-refractivity contribution is 5.85. The Bertz CT molecular complexity index is 500. The van der Waals surface area contributed by atoms with Gasteiger partial charge in [-0.1, -0.05) is 6.07 Å². The fourth-order valence-corrected chi connectivity index (χ4v) is 1.41. The maximum absolute atomic E-state index is 11.2. The van der Waals surface area contributed by atoms with Gasteiger partial charge in [-0.3, -0.25) is 4.57 Å². The van der Waals surface area contributed by atoms with Gasteiger partial charge in [-0.15, -0.1) is 12.4 Å². The molecule has 4 nitrogen and oxygen atoms in total. The number of aromatic amines is 1. The lowest BCUT2D eigenvalue weighted by Crippen LogP contribution is -2.11. The van der Waals surface area contributed by atoms with Crippen molar-refractivity contribution in [2.45, 2.75) is 6.54 Å². The minimum Gasteiger partial charge on any atom is -0.326 e. The van der Waals surface area contributed by atoms with Crippen LogP contribution in [0.15, 0.2) is 23.0 Å². The Balaban J connectivity index is 0.000000980. The van der Waals surface area contributed by atoms with Crippen LogP contribution < -0.4 is 11.4 Å². The second-order valence-corrected chi connectivity index (χ2v) is 3.04. The molecule has 0 saturated heterocycles. The van der Waals surface area contributed by atoms with Crippen LogP contribution in [0.2, 0.25) is 0 Å². The molecule has 3 N–H and O–H groups in total. The first kappa shape index (κ1) is 10.8. The molecule has 0 saturated carbocycles. The Hall–Kier alpha value is -1.26. The van der Waals surface area contributed by atoms with Gasteiger partial charge in [0.15, 0.2) is 0 Å². The van der Waals surface area contributed by atoms with Gasteiger partial charge in [0, 0.05) is 13.6 Å². The van der Waals surface area contributed by atoms with E-state index >= 15 is 0 Å². The van der Waals surface area contributed by atoms with Crippen molar-refractivity contribution < 1.29 is 0 Å². The summed E-state index contributed by atoms with van der Waals surface area (Å²) in [6.07, 6.45) is 0. The fourth-order valence-electron chi connectivity index (χ4n) is 1.41. The second kappa shape index (κ2) is 3.86. The third-order valence-corrected chi connectivity index (χ3v) is 2.20. The van der Waals surface area contributed by atoms with E-state index in [9.17, 15) is 4.79 Å². The SMILES string of the molecule is Cl.Cn1c(=O)[nH]c2cc(CN)ccc21. The van der Waals surface area contributed by atoms with E-state index in [2.05, 4.69) is 4.98 Å². The molecule has 1 aromatic heterocycles. The molecule has 0 fully saturated rings. The monoisotopic (exact) mass is 213 g/mol. The zero-order valence-electron chi connectivity index (χ0n) is 7.78. The molecule has 2 rings (SSSR count). The van der Waals surface area contributed by atoms with Gasteiger partial charge in [-0.25, -0.2) is 4.79 Å². The van der Waals surface area contributed by atoms with E-state index in [1.54, 1.807) is 11.6 Å². The van der Waals surface area contributed by atoms with Crippen molar-refractivity contribution in [1.82, 2.24) is 9.55 Å². The summed E-state index contributed by atoms with van der Waals surface area (Å²) < 4.78 is 1.58. The van der Waals surface area contributed by atoms with E-state index in [4.69, 9.17) is 5.73 Å². The predicted molar refractivity (Wildman–Crippen MR) is 58.7 cm³/mol. The van der Waals surface area contributed by atoms with Crippen LogP contribution in [0.5, 0.6) is 0 Å². The molecule has 0 aliphatic heterocycles. The number of nitrogens with one attached hydrogen (secondary N) is 1. The Morgan fingerprint density at radius 3 is 2.86 bits per heavy atom. The summed E-state index contributed by atoms with van der Waals surface area (Å²) in [4.78, 5) is 14.0. The minimum absolute atomic E-state index is 0. The number of nitrogens with two attached hydrogens (primary N) is 1. The van der Waals surface area contributed by atoms with Crippen molar-refractivity contribution in [2.75, 3.05) is 0 Å². The normalized spacial score (nSPS) is 10.1. The molecule has 0 aliphatic carbocycles. The summed E-state index contributed by atoms with van der Waals surface area (Å²) >= 11 is 0. The summed E-state index contributed by atoms with van der Waals surface area (Å²) in [6.45, 7) is 0.493. The molecule has 0 spiro atoms. The maximum atomic E-state index is 11.2. The molecule has 14 heavy (non-hydrogen) atoms. The zero-order valence-corrected chi connectivity index (χ0v) is 8.60. The number of imidazole rings is 1. The number of halogens is 1. The molecule has 0 amide bonds. The summed E-state index contributed by atoms with van der Waals surface area (Å²) in [5.41, 5.74) is 8.16. The van der Waals surface area contributed by atoms with Crippen molar-refractivity contribution in [1.29, 1.82) is 0 Å². The minimum atomic E-state index is -0.0934. The number of hydrogen-bond donors (Lipinski definition) is 2. The average Bonchev–Trinajstić information content (AvgIpc) is 2.42. The van der Waals surface area contributed by atoms with Crippen LogP contribution in [-0.2, 0) is 13.6 Å². The fraction of sp³-hybridized carbons (Fsp3) is 0.222. The van der Waals surface area contributed by atoms with Crippen LogP contribution in [-0.4, -0.2) is 9.55 Å². The Morgan fingerprint density at radius 1 is 1.50 bits per heavy atom. The Kier molecular flexibility index (Phi) is 2.98. The summed E-state index contributed by atoms with van der Waals surface area (Å²) in [7, 11) is 1.74. The molecule has 2 aromatic rings. The molecule has 0 atom stereocenters. The lowest BCUT2D eigenvalue weighted by Gasteiger charge is -1.96. The van der Waals surface area contributed by atoms with Gasteiger partial charge in [0.2, 0.25) is 0 Å². The Labute approximate surface area is 87.1 Å². The maximum Gasteiger partial charge on any atom is 0.326 e. The third-order valence-electron chi connectivity index (χ3n) is 2.20. The van der Waals surface area contributed by atoms with Crippen molar-refractivity contribution in [2.24, 2.45) is 12.8 Å². The number of rotatable bonds is 1. The van der Waals surface area contributed by atoms with Crippen LogP contribution in [0.25, 0.3) is 11.0 Å². The van der Waals surface area contributed by atoms with E-state index in [-0.39, 0.29) is 18.1 Å². The van der Waals surface area contributed by atoms with E-state index < -0.39 is 0 Å². The predicted octanol–water partition coefficient (Wildman–Crippen LogP) is 0.747. The van der Waals surface area contributed by atoms with Crippen LogP contribution in [0.4, 0.5) is 0 Å². The molecule has 76 valence electrons. The van der Waals surface area contributed by atoms with Crippen molar-refractivity contribution in [3.8, 4) is 0 Å². The van der Waals surface area contributed by atoms with Crippen LogP contribution in [0.3, 0.4) is 0 Å². The summed E-state index contributed by atoms with van der Waals surface area (Å²) in [5, 5.41) is 0. The third kappa shape index (κ3) is 1.54. The molecule has 0 radical (unpaired) electrons. The van der Waals surface area contributed by atoms with Gasteiger partial charge >= 0.3 is 5.69 Å². The number of aryl methyl sites for hydroxylation is 1. The highest BCUT2D eigenvalue weighted by atomic mass is 35.5. The van der Waals surface area contributed by atoms with Gasteiger partial charge in [0.1, 0.15) is 0 Å². The second-order valence-electron chi connectivity index (χ2n) is 3.04. The lowest BCUT2D eigenvalue weighted by atomic mass is 10.2. The first-order chi connectivity index (χ1) is 6.22. The topological polar surface area (TPSA) is 63.8 Å². The standard InChI is InChI=1S/C9H11N3O.ClH/c1-12-8-3-2-6(5-10)4-7(8)11-9(12)13;/h2-4H,5,10H2,1H3,(H,11,13);1H. The highest BCUT2D eigenvalue weighted by Gasteiger charge is 2.02. The highest BCUT2D eigenvalue weighted by Crippen LogP contribution is 2.10. The summed E-state index contributed by atoms with van der Waals surface area (Å²) in [5.74, 6) is 0. The van der Waals surface area contributed by atoms with E-state index in [0.717, 1.165) is 16.6 Å². The van der Waals surface area contributed by atoms with E-state index in [1.807, 2.05) is 18.2 Å². The smallest absolute Gasteiger partial charge is 0.326 e. The lowest BCUT2D eigenvalue weighted by molar-refractivity contribution is 0.891. The summed E-state index contributed by atoms with van der Waals surface area (Å²) in [6, 6.07) is 5.72. The number of H-pyrrole nitrogens is 1. The van der Waals surface area contributed by atoms with E-state index in [0.29, 0.717) is 6.54 Å². The number of hydrogen-bond acceptors (Lipinski definition) is 2. The van der Waals surface area contributed by atoms with E-state index in [1.165, 1.54) is 0 Å². The van der Waals surface area contributed by atoms with Gasteiger partial charge in [0.25, 0.3) is 0 Å². The molecular formula is C9H12ClN3O. The van der Waals surface area contributed by atoms with Crippen LogP contribution in [0, 0.1) is 0 Å². The molecule has 0 unspecified atom stereocenters. The van der Waals surface area contributed by atoms with Gasteiger partial charge < -0.3 is 10.7 Å².